The van der Waals surface area contributed by atoms with Crippen molar-refractivity contribution in [2.75, 3.05) is 33.9 Å². The van der Waals surface area contributed by atoms with E-state index in [1.54, 1.807) is 14.2 Å². The van der Waals surface area contributed by atoms with E-state index >= 15 is 0 Å². The number of ether oxygens (including phenoxy) is 3. The molecule has 0 radical (unpaired) electrons. The number of benzene rings is 2. The van der Waals surface area contributed by atoms with Gasteiger partial charge in [-0.1, -0.05) is 24.3 Å². The standard InChI is InChI=1S/C22H27NO3/c1-24-21-13-17-7-10-23(15-18(17)14-22(21)25-2)11-8-20-19-6-4-3-5-16(19)9-12-26-20/h3-6,13-14,20H,7-12,15H2,1-2H3. The van der Waals surface area contributed by atoms with Crippen LogP contribution in [0.5, 0.6) is 11.5 Å². The SMILES string of the molecule is COc1cc2c(cc1OC)CN(CCC1OCCc3ccccc31)CC2. The van der Waals surface area contributed by atoms with Gasteiger partial charge in [0.25, 0.3) is 0 Å². The Hall–Kier alpha value is -2.04. The summed E-state index contributed by atoms with van der Waals surface area (Å²) in [5.74, 6) is 1.64. The van der Waals surface area contributed by atoms with Crippen LogP contribution in [0.3, 0.4) is 0 Å². The topological polar surface area (TPSA) is 30.9 Å². The maximum atomic E-state index is 6.07. The molecule has 4 rings (SSSR count). The Balaban J connectivity index is 1.42. The maximum absolute atomic E-state index is 6.07. The van der Waals surface area contributed by atoms with E-state index in [0.717, 1.165) is 57.0 Å². The molecule has 0 N–H and O–H groups in total. The van der Waals surface area contributed by atoms with E-state index in [1.165, 1.54) is 22.3 Å². The lowest BCUT2D eigenvalue weighted by molar-refractivity contribution is 0.0283. The van der Waals surface area contributed by atoms with Gasteiger partial charge in [-0.15, -0.1) is 0 Å². The summed E-state index contributed by atoms with van der Waals surface area (Å²) in [6, 6.07) is 13.0. The van der Waals surface area contributed by atoms with Crippen LogP contribution in [-0.4, -0.2) is 38.8 Å². The second-order valence-electron chi connectivity index (χ2n) is 7.10. The largest absolute Gasteiger partial charge is 0.493 e. The molecule has 0 fully saturated rings. The highest BCUT2D eigenvalue weighted by atomic mass is 16.5. The molecular weight excluding hydrogens is 326 g/mol. The minimum Gasteiger partial charge on any atom is -0.493 e. The molecule has 4 nitrogen and oxygen atoms in total. The molecule has 2 aromatic rings. The molecule has 26 heavy (non-hydrogen) atoms. The number of methoxy groups -OCH3 is 2. The molecular formula is C22H27NO3. The van der Waals surface area contributed by atoms with Gasteiger partial charge in [-0.3, -0.25) is 4.90 Å². The first kappa shape index (κ1) is 17.4. The zero-order valence-corrected chi connectivity index (χ0v) is 15.7. The van der Waals surface area contributed by atoms with Crippen LogP contribution < -0.4 is 9.47 Å². The molecule has 2 aliphatic heterocycles. The highest BCUT2D eigenvalue weighted by Gasteiger charge is 2.23. The minimum atomic E-state index is 0.228. The first-order chi connectivity index (χ1) is 12.8. The first-order valence-electron chi connectivity index (χ1n) is 9.44. The Labute approximate surface area is 155 Å². The Morgan fingerprint density at radius 1 is 1.00 bits per heavy atom. The lowest BCUT2D eigenvalue weighted by Gasteiger charge is -2.32. The van der Waals surface area contributed by atoms with Gasteiger partial charge in [-0.05, 0) is 53.6 Å². The second-order valence-corrected chi connectivity index (χ2v) is 7.10. The Morgan fingerprint density at radius 3 is 2.58 bits per heavy atom. The van der Waals surface area contributed by atoms with Gasteiger partial charge < -0.3 is 14.2 Å². The minimum absolute atomic E-state index is 0.228. The highest BCUT2D eigenvalue weighted by molar-refractivity contribution is 5.48. The normalized spacial score (nSPS) is 19.5. The average molecular weight is 353 g/mol. The summed E-state index contributed by atoms with van der Waals surface area (Å²) in [5.41, 5.74) is 5.55. The molecule has 2 aromatic carbocycles. The van der Waals surface area contributed by atoms with Crippen molar-refractivity contribution in [2.45, 2.75) is 31.9 Å². The Morgan fingerprint density at radius 2 is 1.77 bits per heavy atom. The average Bonchev–Trinajstić information content (AvgIpc) is 2.70. The van der Waals surface area contributed by atoms with Gasteiger partial charge in [-0.25, -0.2) is 0 Å². The van der Waals surface area contributed by atoms with Gasteiger partial charge in [0.1, 0.15) is 0 Å². The van der Waals surface area contributed by atoms with Gasteiger partial charge >= 0.3 is 0 Å². The van der Waals surface area contributed by atoms with E-state index in [2.05, 4.69) is 41.3 Å². The fourth-order valence-corrected chi connectivity index (χ4v) is 4.15. The number of nitrogens with zero attached hydrogens (tertiary/aromatic N) is 1. The fraction of sp³-hybridized carbons (Fsp3) is 0.455. The molecule has 1 unspecified atom stereocenters. The van der Waals surface area contributed by atoms with Crippen LogP contribution in [0.15, 0.2) is 36.4 Å². The van der Waals surface area contributed by atoms with Gasteiger partial charge in [0, 0.05) is 19.6 Å². The van der Waals surface area contributed by atoms with Crippen molar-refractivity contribution in [1.82, 2.24) is 4.90 Å². The predicted molar refractivity (Wildman–Crippen MR) is 102 cm³/mol. The number of hydrogen-bond acceptors (Lipinski definition) is 4. The van der Waals surface area contributed by atoms with E-state index in [9.17, 15) is 0 Å². The number of hydrogen-bond donors (Lipinski definition) is 0. The molecule has 0 saturated carbocycles. The van der Waals surface area contributed by atoms with Crippen molar-refractivity contribution in [3.05, 3.63) is 58.7 Å². The molecule has 1 atom stereocenters. The summed E-state index contributed by atoms with van der Waals surface area (Å²) in [6.45, 7) is 3.93. The summed E-state index contributed by atoms with van der Waals surface area (Å²) in [5, 5.41) is 0. The van der Waals surface area contributed by atoms with Gasteiger partial charge in [0.2, 0.25) is 0 Å². The summed E-state index contributed by atoms with van der Waals surface area (Å²) in [4.78, 5) is 2.52. The van der Waals surface area contributed by atoms with Crippen LogP contribution in [0.2, 0.25) is 0 Å². The summed E-state index contributed by atoms with van der Waals surface area (Å²) in [6.07, 6.45) is 3.36. The molecule has 0 aliphatic carbocycles. The molecule has 0 amide bonds. The molecule has 0 bridgehead atoms. The smallest absolute Gasteiger partial charge is 0.161 e. The third-order valence-electron chi connectivity index (χ3n) is 5.60. The monoisotopic (exact) mass is 353 g/mol. The molecule has 2 heterocycles. The molecule has 0 saturated heterocycles. The second kappa shape index (κ2) is 7.68. The molecule has 138 valence electrons. The lowest BCUT2D eigenvalue weighted by Crippen LogP contribution is -2.32. The quantitative estimate of drug-likeness (QED) is 0.819. The highest BCUT2D eigenvalue weighted by Crippen LogP contribution is 2.34. The third-order valence-corrected chi connectivity index (χ3v) is 5.60. The third kappa shape index (κ3) is 3.44. The van der Waals surface area contributed by atoms with Crippen molar-refractivity contribution in [3.8, 4) is 11.5 Å². The summed E-state index contributed by atoms with van der Waals surface area (Å²) < 4.78 is 17.0. The molecule has 4 heteroatoms. The van der Waals surface area contributed by atoms with Crippen LogP contribution in [0.1, 0.15) is 34.8 Å². The van der Waals surface area contributed by atoms with Crippen molar-refractivity contribution in [1.29, 1.82) is 0 Å². The molecule has 0 spiro atoms. The van der Waals surface area contributed by atoms with Crippen molar-refractivity contribution < 1.29 is 14.2 Å². The maximum Gasteiger partial charge on any atom is 0.161 e. The van der Waals surface area contributed by atoms with Crippen LogP contribution in [0.25, 0.3) is 0 Å². The van der Waals surface area contributed by atoms with E-state index in [-0.39, 0.29) is 6.10 Å². The van der Waals surface area contributed by atoms with Crippen LogP contribution in [0, 0.1) is 0 Å². The Bertz CT molecular complexity index is 774. The van der Waals surface area contributed by atoms with Crippen LogP contribution in [0.4, 0.5) is 0 Å². The zero-order chi connectivity index (χ0) is 17.9. The van der Waals surface area contributed by atoms with Crippen LogP contribution in [-0.2, 0) is 24.1 Å². The number of rotatable bonds is 5. The lowest BCUT2D eigenvalue weighted by atomic mass is 9.95. The number of fused-ring (bicyclic) bond motifs is 2. The van der Waals surface area contributed by atoms with Gasteiger partial charge in [0.05, 0.1) is 26.9 Å². The van der Waals surface area contributed by atoms with E-state index in [1.807, 2.05) is 0 Å². The van der Waals surface area contributed by atoms with Gasteiger partial charge in [-0.2, -0.15) is 0 Å². The summed E-state index contributed by atoms with van der Waals surface area (Å²) in [7, 11) is 3.39. The molecule has 2 aliphatic rings. The fourth-order valence-electron chi connectivity index (χ4n) is 4.15. The Kier molecular flexibility index (Phi) is 5.14. The van der Waals surface area contributed by atoms with Crippen molar-refractivity contribution in [2.24, 2.45) is 0 Å². The van der Waals surface area contributed by atoms with Crippen molar-refractivity contribution in [3.63, 3.8) is 0 Å². The predicted octanol–water partition coefficient (Wildman–Crippen LogP) is 3.77. The van der Waals surface area contributed by atoms with E-state index < -0.39 is 0 Å². The van der Waals surface area contributed by atoms with E-state index in [4.69, 9.17) is 14.2 Å². The molecule has 0 aromatic heterocycles. The zero-order valence-electron chi connectivity index (χ0n) is 15.7. The van der Waals surface area contributed by atoms with Gasteiger partial charge in [0.15, 0.2) is 11.5 Å². The van der Waals surface area contributed by atoms with Crippen LogP contribution >= 0.6 is 0 Å². The summed E-state index contributed by atoms with van der Waals surface area (Å²) >= 11 is 0. The first-order valence-corrected chi connectivity index (χ1v) is 9.44. The van der Waals surface area contributed by atoms with Crippen molar-refractivity contribution >= 4 is 0 Å². The van der Waals surface area contributed by atoms with E-state index in [0.29, 0.717) is 0 Å².